The summed E-state index contributed by atoms with van der Waals surface area (Å²) in [4.78, 5) is 0. The molecule has 0 aromatic heterocycles. The molecule has 22 heavy (non-hydrogen) atoms. The van der Waals surface area contributed by atoms with Crippen LogP contribution in [-0.4, -0.2) is 11.3 Å². The van der Waals surface area contributed by atoms with Crippen molar-refractivity contribution in [2.45, 2.75) is 6.61 Å². The van der Waals surface area contributed by atoms with Crippen LogP contribution in [0.3, 0.4) is 0 Å². The number of ether oxygens (including phenoxy) is 1. The van der Waals surface area contributed by atoms with Crippen LogP contribution >= 0.6 is 39.7 Å². The fourth-order valence-corrected chi connectivity index (χ4v) is 2.22. The predicted molar refractivity (Wildman–Crippen MR) is 97.4 cm³/mol. The molecule has 0 radical (unpaired) electrons. The second-order valence-electron chi connectivity index (χ2n) is 4.33. The highest BCUT2D eigenvalue weighted by molar-refractivity contribution is 9.10. The molecule has 0 saturated carbocycles. The number of rotatable bonds is 5. The van der Waals surface area contributed by atoms with E-state index in [0.29, 0.717) is 17.4 Å². The molecule has 4 nitrogen and oxygen atoms in total. The van der Waals surface area contributed by atoms with Gasteiger partial charge in [-0.2, -0.15) is 5.10 Å². The summed E-state index contributed by atoms with van der Waals surface area (Å²) in [7, 11) is 0. The normalized spacial score (nSPS) is 10.6. The van der Waals surface area contributed by atoms with Gasteiger partial charge in [0.15, 0.2) is 5.11 Å². The maximum Gasteiger partial charge on any atom is 0.184 e. The van der Waals surface area contributed by atoms with Crippen LogP contribution in [0.4, 0.5) is 0 Å². The summed E-state index contributed by atoms with van der Waals surface area (Å²) in [6.45, 7) is 0.433. The number of thiocarbonyl (C=S) groups is 1. The summed E-state index contributed by atoms with van der Waals surface area (Å²) in [5.74, 6) is 0.701. The second kappa shape index (κ2) is 8.12. The van der Waals surface area contributed by atoms with E-state index in [1.54, 1.807) is 6.21 Å². The van der Waals surface area contributed by atoms with Crippen molar-refractivity contribution < 1.29 is 4.74 Å². The third kappa shape index (κ3) is 5.29. The van der Waals surface area contributed by atoms with Crippen molar-refractivity contribution in [2.75, 3.05) is 0 Å². The number of hydrazone groups is 1. The van der Waals surface area contributed by atoms with Crippen LogP contribution < -0.4 is 15.9 Å². The zero-order valence-electron chi connectivity index (χ0n) is 11.4. The highest BCUT2D eigenvalue weighted by Gasteiger charge is 2.04. The minimum absolute atomic E-state index is 0.106. The Kier molecular flexibility index (Phi) is 6.18. The summed E-state index contributed by atoms with van der Waals surface area (Å²) in [6, 6.07) is 13.2. The van der Waals surface area contributed by atoms with Crippen molar-refractivity contribution in [1.82, 2.24) is 5.43 Å². The highest BCUT2D eigenvalue weighted by Crippen LogP contribution is 2.23. The van der Waals surface area contributed by atoms with E-state index >= 15 is 0 Å². The molecule has 3 N–H and O–H groups in total. The lowest BCUT2D eigenvalue weighted by Crippen LogP contribution is -2.24. The van der Waals surface area contributed by atoms with Crippen LogP contribution in [0.2, 0.25) is 5.02 Å². The summed E-state index contributed by atoms with van der Waals surface area (Å²) in [5.41, 5.74) is 9.66. The van der Waals surface area contributed by atoms with Gasteiger partial charge in [-0.1, -0.05) is 39.7 Å². The van der Waals surface area contributed by atoms with Gasteiger partial charge in [0.05, 0.1) is 6.21 Å². The lowest BCUT2D eigenvalue weighted by Gasteiger charge is -2.10. The quantitative estimate of drug-likeness (QED) is 0.456. The van der Waals surface area contributed by atoms with Gasteiger partial charge < -0.3 is 10.5 Å². The lowest BCUT2D eigenvalue weighted by molar-refractivity contribution is 0.306. The van der Waals surface area contributed by atoms with Gasteiger partial charge in [0, 0.05) is 15.1 Å². The van der Waals surface area contributed by atoms with Crippen molar-refractivity contribution in [3.05, 3.63) is 63.1 Å². The Morgan fingerprint density at radius 3 is 2.73 bits per heavy atom. The fourth-order valence-electron chi connectivity index (χ4n) is 1.66. The van der Waals surface area contributed by atoms with Crippen molar-refractivity contribution in [3.8, 4) is 5.75 Å². The molecule has 0 bridgehead atoms. The molecule has 7 heteroatoms. The van der Waals surface area contributed by atoms with Gasteiger partial charge in [-0.15, -0.1) is 0 Å². The Hall–Kier alpha value is -1.63. The Balaban J connectivity index is 2.10. The Labute approximate surface area is 147 Å². The molecule has 2 aromatic rings. The molecule has 114 valence electrons. The van der Waals surface area contributed by atoms with Crippen LogP contribution in [0.5, 0.6) is 5.75 Å². The van der Waals surface area contributed by atoms with Crippen molar-refractivity contribution >= 4 is 51.1 Å². The Morgan fingerprint density at radius 2 is 2.05 bits per heavy atom. The molecule has 0 heterocycles. The summed E-state index contributed by atoms with van der Waals surface area (Å²) >= 11 is 14.0. The van der Waals surface area contributed by atoms with Crippen LogP contribution in [0, 0.1) is 0 Å². The van der Waals surface area contributed by atoms with E-state index in [1.807, 2.05) is 42.5 Å². The van der Waals surface area contributed by atoms with E-state index in [1.165, 1.54) is 0 Å². The van der Waals surface area contributed by atoms with E-state index in [2.05, 4.69) is 26.5 Å². The minimum atomic E-state index is 0.106. The molecular formula is C15H13BrClN3OS. The van der Waals surface area contributed by atoms with Crippen molar-refractivity contribution in [2.24, 2.45) is 10.8 Å². The van der Waals surface area contributed by atoms with Crippen molar-refractivity contribution in [1.29, 1.82) is 0 Å². The number of nitrogens with two attached hydrogens (primary N) is 1. The molecule has 0 atom stereocenters. The smallest absolute Gasteiger partial charge is 0.184 e. The first-order chi connectivity index (χ1) is 10.5. The summed E-state index contributed by atoms with van der Waals surface area (Å²) < 4.78 is 6.75. The molecule has 2 rings (SSSR count). The first-order valence-electron chi connectivity index (χ1n) is 6.30. The topological polar surface area (TPSA) is 59.6 Å². The molecule has 0 saturated heterocycles. The molecule has 0 amide bonds. The van der Waals surface area contributed by atoms with Gasteiger partial charge >= 0.3 is 0 Å². The van der Waals surface area contributed by atoms with Gasteiger partial charge in [-0.25, -0.2) is 0 Å². The molecule has 0 aliphatic carbocycles. The third-order valence-corrected chi connectivity index (χ3v) is 3.49. The van der Waals surface area contributed by atoms with E-state index in [4.69, 9.17) is 34.3 Å². The van der Waals surface area contributed by atoms with Gasteiger partial charge in [-0.05, 0) is 48.1 Å². The van der Waals surface area contributed by atoms with Crippen LogP contribution in [0.15, 0.2) is 52.0 Å². The maximum absolute atomic E-state index is 5.86. The average Bonchev–Trinajstić information content (AvgIpc) is 2.48. The Morgan fingerprint density at radius 1 is 1.32 bits per heavy atom. The monoisotopic (exact) mass is 397 g/mol. The number of halogens is 2. The van der Waals surface area contributed by atoms with Gasteiger partial charge in [-0.3, -0.25) is 5.43 Å². The molecule has 2 aromatic carbocycles. The predicted octanol–water partition coefficient (Wildman–Crippen LogP) is 3.85. The number of hydrogen-bond donors (Lipinski definition) is 2. The molecule has 0 aliphatic rings. The largest absolute Gasteiger partial charge is 0.488 e. The lowest BCUT2D eigenvalue weighted by atomic mass is 10.2. The van der Waals surface area contributed by atoms with Crippen LogP contribution in [0.25, 0.3) is 0 Å². The van der Waals surface area contributed by atoms with E-state index in [0.717, 1.165) is 15.6 Å². The number of nitrogens with one attached hydrogen (secondary N) is 1. The van der Waals surface area contributed by atoms with Crippen molar-refractivity contribution in [3.63, 3.8) is 0 Å². The first kappa shape index (κ1) is 16.7. The zero-order valence-corrected chi connectivity index (χ0v) is 14.6. The third-order valence-electron chi connectivity index (χ3n) is 2.66. The van der Waals surface area contributed by atoms with E-state index in [9.17, 15) is 0 Å². The zero-order chi connectivity index (χ0) is 15.9. The van der Waals surface area contributed by atoms with Crippen LogP contribution in [0.1, 0.15) is 11.1 Å². The average molecular weight is 399 g/mol. The second-order valence-corrected chi connectivity index (χ2v) is 6.12. The maximum atomic E-state index is 5.86. The molecule has 0 fully saturated rings. The fraction of sp³-hybridized carbons (Fsp3) is 0.0667. The molecule has 0 spiro atoms. The number of hydrogen-bond acceptors (Lipinski definition) is 3. The SMILES string of the molecule is NC(=S)N/N=C\c1cc(Br)ccc1OCc1ccc(Cl)cc1. The highest BCUT2D eigenvalue weighted by atomic mass is 79.9. The molecule has 0 unspecified atom stereocenters. The molecular weight excluding hydrogens is 386 g/mol. The van der Waals surface area contributed by atoms with E-state index in [-0.39, 0.29) is 5.11 Å². The number of benzene rings is 2. The van der Waals surface area contributed by atoms with Gasteiger partial charge in [0.1, 0.15) is 12.4 Å². The molecule has 0 aliphatic heterocycles. The van der Waals surface area contributed by atoms with E-state index < -0.39 is 0 Å². The van der Waals surface area contributed by atoms with Crippen LogP contribution in [-0.2, 0) is 6.61 Å². The standard InChI is InChI=1S/C15H13BrClN3OS/c16-12-3-6-14(11(7-12)8-19-20-15(18)22)21-9-10-1-4-13(17)5-2-10/h1-8H,9H2,(H3,18,20,22)/b19-8-. The number of nitrogens with zero attached hydrogens (tertiary/aromatic N) is 1. The minimum Gasteiger partial charge on any atom is -0.488 e. The first-order valence-corrected chi connectivity index (χ1v) is 7.88. The van der Waals surface area contributed by atoms with Gasteiger partial charge in [0.2, 0.25) is 0 Å². The Bertz CT molecular complexity index is 692. The van der Waals surface area contributed by atoms with Gasteiger partial charge in [0.25, 0.3) is 0 Å². The summed E-state index contributed by atoms with van der Waals surface area (Å²) in [5, 5.41) is 4.75. The summed E-state index contributed by atoms with van der Waals surface area (Å²) in [6.07, 6.45) is 1.60.